The normalized spacial score (nSPS) is 21.3. The molecule has 1 aromatic carbocycles. The Kier molecular flexibility index (Phi) is 8.30. The molecule has 0 spiro atoms. The minimum Gasteiger partial charge on any atom is -0.489 e. The van der Waals surface area contributed by atoms with Crippen molar-refractivity contribution < 1.29 is 32.2 Å². The number of hydrogen-bond acceptors (Lipinski definition) is 5. The number of hydrogen-bond donors (Lipinski definition) is 1. The number of aliphatic carboxylic acids is 1. The molecule has 0 radical (unpaired) electrons. The molecule has 0 bridgehead atoms. The highest BCUT2D eigenvalue weighted by atomic mass is 32.2. The number of allylic oxidation sites excluding steroid dienone is 2. The Morgan fingerprint density at radius 1 is 1.35 bits per heavy atom. The molecular weight excluding hydrogens is 461 g/mol. The van der Waals surface area contributed by atoms with Crippen LogP contribution in [0.4, 0.5) is 4.39 Å². The van der Waals surface area contributed by atoms with Crippen LogP contribution in [0.2, 0.25) is 0 Å². The van der Waals surface area contributed by atoms with Crippen LogP contribution in [-0.2, 0) is 25.8 Å². The van der Waals surface area contributed by atoms with Gasteiger partial charge >= 0.3 is 5.97 Å². The van der Waals surface area contributed by atoms with Gasteiger partial charge in [-0.15, -0.1) is 0 Å². The van der Waals surface area contributed by atoms with E-state index < -0.39 is 21.6 Å². The van der Waals surface area contributed by atoms with E-state index in [4.69, 9.17) is 9.84 Å². The minimum absolute atomic E-state index is 0.0471. The number of sulfone groups is 1. The molecule has 2 aliphatic heterocycles. The highest BCUT2D eigenvalue weighted by molar-refractivity contribution is 7.91. The van der Waals surface area contributed by atoms with E-state index in [2.05, 4.69) is 6.58 Å². The number of carbonyl (C=O) groups is 2. The number of likely N-dealkylation sites (tertiary alicyclic amines) is 1. The fourth-order valence-corrected chi connectivity index (χ4v) is 6.19. The summed E-state index contributed by atoms with van der Waals surface area (Å²) in [4.78, 5) is 25.4. The number of benzene rings is 1. The maximum atomic E-state index is 14.3. The van der Waals surface area contributed by atoms with Gasteiger partial charge in [0, 0.05) is 31.0 Å². The fraction of sp³-hybridized carbons (Fsp3) is 0.440. The third kappa shape index (κ3) is 6.56. The topological polar surface area (TPSA) is 101 Å². The van der Waals surface area contributed by atoms with Crippen molar-refractivity contribution in [2.24, 2.45) is 5.92 Å². The van der Waals surface area contributed by atoms with Gasteiger partial charge in [0.2, 0.25) is 5.91 Å². The van der Waals surface area contributed by atoms with E-state index in [-0.39, 0.29) is 54.9 Å². The fourth-order valence-electron chi connectivity index (χ4n) is 4.33. The molecule has 34 heavy (non-hydrogen) atoms. The molecule has 2 heterocycles. The molecule has 1 unspecified atom stereocenters. The second-order valence-corrected chi connectivity index (χ2v) is 10.9. The third-order valence-corrected chi connectivity index (χ3v) is 7.87. The van der Waals surface area contributed by atoms with E-state index in [0.29, 0.717) is 36.2 Å². The Bertz CT molecular complexity index is 1140. The summed E-state index contributed by atoms with van der Waals surface area (Å²) < 4.78 is 43.7. The van der Waals surface area contributed by atoms with Crippen LogP contribution in [0, 0.1) is 11.7 Å². The molecule has 0 aromatic heterocycles. The van der Waals surface area contributed by atoms with Crippen LogP contribution in [-0.4, -0.2) is 55.0 Å². The number of carboxylic acid groups (broad SMARTS) is 1. The molecule has 2 fully saturated rings. The molecule has 3 rings (SSSR count). The Hall–Kier alpha value is -2.94. The van der Waals surface area contributed by atoms with Crippen molar-refractivity contribution in [3.8, 4) is 5.75 Å². The van der Waals surface area contributed by atoms with Gasteiger partial charge in [0.05, 0.1) is 17.2 Å². The Labute approximate surface area is 199 Å². The lowest BCUT2D eigenvalue weighted by atomic mass is 10.0. The first-order chi connectivity index (χ1) is 16.1. The summed E-state index contributed by atoms with van der Waals surface area (Å²) in [5.41, 5.74) is 2.48. The average Bonchev–Trinajstić information content (AvgIpc) is 3.31. The van der Waals surface area contributed by atoms with Gasteiger partial charge in [0.15, 0.2) is 9.84 Å². The summed E-state index contributed by atoms with van der Waals surface area (Å²) in [6, 6.07) is 4.32. The number of aryl methyl sites for hydroxylation is 1. The van der Waals surface area contributed by atoms with Gasteiger partial charge in [0.25, 0.3) is 0 Å². The van der Waals surface area contributed by atoms with Crippen molar-refractivity contribution in [3.05, 3.63) is 65.2 Å². The summed E-state index contributed by atoms with van der Waals surface area (Å²) in [7, 11) is -3.06. The standard InChI is InChI=1S/C25H30FNO6S/c1-3-4-20(15-33-21-7-5-19(22(26)14-21)6-8-24(29)30)25-17(2)9-11-27(25)23(28)13-18-10-12-34(31,32)16-18/h3-5,7,14,18H,2,6,8-13,15-16H2,1H3,(H,29,30)/b4-3-,25-20-. The van der Waals surface area contributed by atoms with Crippen LogP contribution >= 0.6 is 0 Å². The van der Waals surface area contributed by atoms with Crippen molar-refractivity contribution in [1.82, 2.24) is 4.90 Å². The molecule has 2 aliphatic rings. The largest absolute Gasteiger partial charge is 0.489 e. The molecule has 1 N–H and O–H groups in total. The summed E-state index contributed by atoms with van der Waals surface area (Å²) >= 11 is 0. The van der Waals surface area contributed by atoms with Crippen molar-refractivity contribution in [1.29, 1.82) is 0 Å². The Morgan fingerprint density at radius 2 is 2.12 bits per heavy atom. The highest BCUT2D eigenvalue weighted by Gasteiger charge is 2.34. The van der Waals surface area contributed by atoms with E-state index in [9.17, 15) is 22.4 Å². The molecule has 2 saturated heterocycles. The van der Waals surface area contributed by atoms with E-state index in [0.717, 1.165) is 5.57 Å². The number of carboxylic acids is 1. The number of carbonyl (C=O) groups excluding carboxylic acids is 1. The molecule has 1 atom stereocenters. The van der Waals surface area contributed by atoms with Crippen molar-refractivity contribution in [2.75, 3.05) is 24.7 Å². The van der Waals surface area contributed by atoms with E-state index in [1.807, 2.05) is 19.1 Å². The molecule has 1 aromatic rings. The number of halogens is 1. The number of nitrogens with zero attached hydrogens (tertiary/aromatic N) is 1. The van der Waals surface area contributed by atoms with Crippen molar-refractivity contribution in [3.63, 3.8) is 0 Å². The van der Waals surface area contributed by atoms with Gasteiger partial charge in [-0.05, 0) is 49.3 Å². The Balaban J connectivity index is 1.74. The first kappa shape index (κ1) is 25.7. The second kappa shape index (κ2) is 11.0. The predicted octanol–water partition coefficient (Wildman–Crippen LogP) is 3.67. The van der Waals surface area contributed by atoms with Gasteiger partial charge in [-0.3, -0.25) is 9.59 Å². The molecule has 0 saturated carbocycles. The number of amides is 1. The lowest BCUT2D eigenvalue weighted by Crippen LogP contribution is -2.30. The molecule has 9 heteroatoms. The first-order valence-corrected chi connectivity index (χ1v) is 13.1. The summed E-state index contributed by atoms with van der Waals surface area (Å²) in [5, 5.41) is 8.78. The third-order valence-electron chi connectivity index (χ3n) is 6.03. The van der Waals surface area contributed by atoms with Crippen molar-refractivity contribution in [2.45, 2.75) is 39.0 Å². The van der Waals surface area contributed by atoms with E-state index >= 15 is 0 Å². The molecule has 7 nitrogen and oxygen atoms in total. The zero-order valence-corrected chi connectivity index (χ0v) is 20.1. The lowest BCUT2D eigenvalue weighted by molar-refractivity contribution is -0.137. The maximum absolute atomic E-state index is 14.3. The summed E-state index contributed by atoms with van der Waals surface area (Å²) in [6.45, 7) is 6.48. The summed E-state index contributed by atoms with van der Waals surface area (Å²) in [5.74, 6) is -1.37. The van der Waals surface area contributed by atoms with Gasteiger partial charge in [-0.1, -0.05) is 24.8 Å². The average molecular weight is 492 g/mol. The Morgan fingerprint density at radius 3 is 2.74 bits per heavy atom. The zero-order valence-electron chi connectivity index (χ0n) is 19.3. The first-order valence-electron chi connectivity index (χ1n) is 11.3. The van der Waals surface area contributed by atoms with Crippen LogP contribution in [0.25, 0.3) is 0 Å². The van der Waals surface area contributed by atoms with Crippen LogP contribution in [0.1, 0.15) is 38.2 Å². The van der Waals surface area contributed by atoms with E-state index in [1.165, 1.54) is 12.1 Å². The number of ether oxygens (including phenoxy) is 1. The molecule has 0 aliphatic carbocycles. The molecule has 1 amide bonds. The summed E-state index contributed by atoms with van der Waals surface area (Å²) in [6.07, 6.45) is 4.85. The lowest BCUT2D eigenvalue weighted by Gasteiger charge is -2.22. The van der Waals surface area contributed by atoms with E-state index in [1.54, 1.807) is 11.0 Å². The highest BCUT2D eigenvalue weighted by Crippen LogP contribution is 2.32. The second-order valence-electron chi connectivity index (χ2n) is 8.68. The zero-order chi connectivity index (χ0) is 24.9. The van der Waals surface area contributed by atoms with Gasteiger partial charge in [0.1, 0.15) is 18.2 Å². The molecule has 184 valence electrons. The smallest absolute Gasteiger partial charge is 0.303 e. The SMILES string of the molecule is C=C1CCN(C(=O)CC2CCS(=O)(=O)C2)/C1=C(/C=C\C)COc1ccc(CCC(=O)O)c(F)c1. The van der Waals surface area contributed by atoms with Gasteiger partial charge in [-0.2, -0.15) is 0 Å². The van der Waals surface area contributed by atoms with Gasteiger partial charge < -0.3 is 14.7 Å². The van der Waals surface area contributed by atoms with Crippen LogP contribution in [0.3, 0.4) is 0 Å². The van der Waals surface area contributed by atoms with Crippen LogP contribution < -0.4 is 4.74 Å². The van der Waals surface area contributed by atoms with Crippen LogP contribution in [0.15, 0.2) is 53.8 Å². The maximum Gasteiger partial charge on any atom is 0.303 e. The number of rotatable bonds is 9. The van der Waals surface area contributed by atoms with Crippen LogP contribution in [0.5, 0.6) is 5.75 Å². The molecular formula is C25H30FNO6S. The monoisotopic (exact) mass is 491 g/mol. The quantitative estimate of drug-likeness (QED) is 0.566. The minimum atomic E-state index is -3.06. The van der Waals surface area contributed by atoms with Gasteiger partial charge in [-0.25, -0.2) is 12.8 Å². The van der Waals surface area contributed by atoms with Crippen molar-refractivity contribution >= 4 is 21.7 Å². The predicted molar refractivity (Wildman–Crippen MR) is 127 cm³/mol.